The highest BCUT2D eigenvalue weighted by molar-refractivity contribution is 5.87. The molecule has 0 fully saturated rings. The van der Waals surface area contributed by atoms with Gasteiger partial charge in [0.25, 0.3) is 11.4 Å². The molecule has 2 aromatic carbocycles. The van der Waals surface area contributed by atoms with Crippen LogP contribution in [0.5, 0.6) is 11.5 Å². The summed E-state index contributed by atoms with van der Waals surface area (Å²) >= 11 is 0. The van der Waals surface area contributed by atoms with Crippen molar-refractivity contribution in [2.24, 2.45) is 5.10 Å². The number of nitrogens with zero attached hydrogens (tertiary/aromatic N) is 3. The summed E-state index contributed by atoms with van der Waals surface area (Å²) in [5, 5.41) is 25.9. The lowest BCUT2D eigenvalue weighted by atomic mass is 10.1. The van der Waals surface area contributed by atoms with Crippen LogP contribution in [0.1, 0.15) is 5.56 Å². The van der Waals surface area contributed by atoms with Crippen molar-refractivity contribution in [2.75, 3.05) is 12.2 Å². The lowest BCUT2D eigenvalue weighted by Gasteiger charge is -2.02. The molecule has 0 radical (unpaired) electrons. The van der Waals surface area contributed by atoms with E-state index >= 15 is 0 Å². The summed E-state index contributed by atoms with van der Waals surface area (Å²) in [6.45, 7) is -0.0124. The van der Waals surface area contributed by atoms with Crippen LogP contribution in [-0.2, 0) is 0 Å². The Morgan fingerprint density at radius 2 is 1.71 bits per heavy atom. The van der Waals surface area contributed by atoms with E-state index in [1.165, 1.54) is 36.5 Å². The van der Waals surface area contributed by atoms with Gasteiger partial charge in [-0.3, -0.25) is 25.7 Å². The molecule has 2 aromatic rings. The van der Waals surface area contributed by atoms with Crippen LogP contribution >= 0.6 is 0 Å². The minimum absolute atomic E-state index is 0.0124. The molecular formula is C14H10N4O6. The Bertz CT molecular complexity index is 851. The summed E-state index contributed by atoms with van der Waals surface area (Å²) in [6.07, 6.45) is 1.19. The molecule has 0 bridgehead atoms. The molecule has 0 saturated carbocycles. The van der Waals surface area contributed by atoms with Gasteiger partial charge in [-0.25, -0.2) is 0 Å². The van der Waals surface area contributed by atoms with Gasteiger partial charge in [0.1, 0.15) is 5.69 Å². The van der Waals surface area contributed by atoms with Crippen LogP contribution in [-0.4, -0.2) is 22.9 Å². The molecule has 0 spiro atoms. The third-order valence-electron chi connectivity index (χ3n) is 3.21. The Morgan fingerprint density at radius 1 is 1.04 bits per heavy atom. The summed E-state index contributed by atoms with van der Waals surface area (Å²) in [4.78, 5) is 20.9. The first kappa shape index (κ1) is 15.2. The van der Waals surface area contributed by atoms with Gasteiger partial charge in [-0.2, -0.15) is 5.10 Å². The third-order valence-corrected chi connectivity index (χ3v) is 3.21. The molecule has 0 amide bonds. The molecule has 0 aliphatic carbocycles. The van der Waals surface area contributed by atoms with Crippen LogP contribution in [0.4, 0.5) is 17.1 Å². The number of anilines is 1. The number of fused-ring (bicyclic) bond motifs is 1. The van der Waals surface area contributed by atoms with E-state index in [1.54, 1.807) is 6.07 Å². The third kappa shape index (κ3) is 2.92. The zero-order valence-corrected chi connectivity index (χ0v) is 12.0. The van der Waals surface area contributed by atoms with Gasteiger partial charge >= 0.3 is 0 Å². The summed E-state index contributed by atoms with van der Waals surface area (Å²) in [5.41, 5.74) is 2.48. The van der Waals surface area contributed by atoms with Crippen LogP contribution in [0.2, 0.25) is 0 Å². The van der Waals surface area contributed by atoms with Crippen molar-refractivity contribution in [3.8, 4) is 11.5 Å². The molecule has 1 N–H and O–H groups in total. The quantitative estimate of drug-likeness (QED) is 0.506. The highest BCUT2D eigenvalue weighted by Gasteiger charge is 2.22. The van der Waals surface area contributed by atoms with Crippen molar-refractivity contribution < 1.29 is 19.3 Å². The van der Waals surface area contributed by atoms with Crippen LogP contribution in [0.15, 0.2) is 41.5 Å². The number of ether oxygens (including phenoxy) is 2. The van der Waals surface area contributed by atoms with Crippen LogP contribution in [0, 0.1) is 20.2 Å². The number of benzene rings is 2. The Morgan fingerprint density at radius 3 is 2.42 bits per heavy atom. The van der Waals surface area contributed by atoms with E-state index in [-0.39, 0.29) is 35.2 Å². The number of para-hydroxylation sites is 2. The normalized spacial score (nSPS) is 12.3. The lowest BCUT2D eigenvalue weighted by Crippen LogP contribution is -1.98. The standard InChI is InChI=1S/C14H10N4O6/c19-17(20)11-4-2-1-3-10(11)16-15-7-9-5-13-14(24-8-23-13)6-12(9)18(21)22/h1-7,16H,8H2/b15-7+. The van der Waals surface area contributed by atoms with Crippen LogP contribution in [0.25, 0.3) is 0 Å². The first-order valence-corrected chi connectivity index (χ1v) is 6.67. The monoisotopic (exact) mass is 330 g/mol. The zero-order valence-electron chi connectivity index (χ0n) is 12.0. The fraction of sp³-hybridized carbons (Fsp3) is 0.0714. The van der Waals surface area contributed by atoms with Crippen LogP contribution < -0.4 is 14.9 Å². The van der Waals surface area contributed by atoms with Crippen LogP contribution in [0.3, 0.4) is 0 Å². The number of hydrogen-bond acceptors (Lipinski definition) is 8. The molecule has 122 valence electrons. The van der Waals surface area contributed by atoms with E-state index in [1.807, 2.05) is 0 Å². The van der Waals surface area contributed by atoms with Gasteiger partial charge in [-0.15, -0.1) is 0 Å². The number of nitro benzene ring substituents is 2. The molecule has 10 nitrogen and oxygen atoms in total. The Balaban J connectivity index is 1.88. The summed E-state index contributed by atoms with van der Waals surface area (Å²) in [7, 11) is 0. The van der Waals surface area contributed by atoms with Gasteiger partial charge in [0.2, 0.25) is 6.79 Å². The van der Waals surface area contributed by atoms with Crippen molar-refractivity contribution in [3.63, 3.8) is 0 Å². The Kier molecular flexibility index (Phi) is 3.93. The Hall–Kier alpha value is -3.69. The van der Waals surface area contributed by atoms with E-state index in [0.717, 1.165) is 0 Å². The maximum absolute atomic E-state index is 11.1. The van der Waals surface area contributed by atoms with E-state index < -0.39 is 9.85 Å². The van der Waals surface area contributed by atoms with Gasteiger partial charge in [0.05, 0.1) is 27.7 Å². The maximum Gasteiger partial charge on any atom is 0.294 e. The van der Waals surface area contributed by atoms with Gasteiger partial charge in [-0.1, -0.05) is 12.1 Å². The van der Waals surface area contributed by atoms with Crippen molar-refractivity contribution >= 4 is 23.3 Å². The largest absolute Gasteiger partial charge is 0.454 e. The summed E-state index contributed by atoms with van der Waals surface area (Å²) in [6, 6.07) is 8.59. The summed E-state index contributed by atoms with van der Waals surface area (Å²) in [5.74, 6) is 0.651. The average Bonchev–Trinajstić information content (AvgIpc) is 3.01. The van der Waals surface area contributed by atoms with Crippen molar-refractivity contribution in [2.45, 2.75) is 0 Å². The van der Waals surface area contributed by atoms with E-state index in [2.05, 4.69) is 10.5 Å². The first-order chi connectivity index (χ1) is 11.6. The average molecular weight is 330 g/mol. The molecule has 1 aliphatic rings. The van der Waals surface area contributed by atoms with Gasteiger partial charge in [0, 0.05) is 6.07 Å². The molecule has 10 heteroatoms. The lowest BCUT2D eigenvalue weighted by molar-refractivity contribution is -0.385. The van der Waals surface area contributed by atoms with E-state index in [0.29, 0.717) is 5.75 Å². The van der Waals surface area contributed by atoms with E-state index in [4.69, 9.17) is 9.47 Å². The summed E-state index contributed by atoms with van der Waals surface area (Å²) < 4.78 is 10.3. The number of hydrazone groups is 1. The second kappa shape index (κ2) is 6.20. The molecule has 3 rings (SSSR count). The van der Waals surface area contributed by atoms with Gasteiger partial charge < -0.3 is 9.47 Å². The SMILES string of the molecule is O=[N+]([O-])c1cc2c(cc1/C=N/Nc1ccccc1[N+](=O)[O-])OCO2. The number of nitrogens with one attached hydrogen (secondary N) is 1. The highest BCUT2D eigenvalue weighted by atomic mass is 16.7. The molecule has 24 heavy (non-hydrogen) atoms. The highest BCUT2D eigenvalue weighted by Crippen LogP contribution is 2.37. The smallest absolute Gasteiger partial charge is 0.294 e. The molecule has 1 aliphatic heterocycles. The molecule has 0 atom stereocenters. The van der Waals surface area contributed by atoms with Crippen molar-refractivity contribution in [3.05, 3.63) is 62.2 Å². The molecule has 0 aromatic heterocycles. The predicted molar refractivity (Wildman–Crippen MR) is 83.5 cm³/mol. The molecular weight excluding hydrogens is 320 g/mol. The van der Waals surface area contributed by atoms with Crippen molar-refractivity contribution in [1.82, 2.24) is 0 Å². The number of hydrogen-bond donors (Lipinski definition) is 1. The zero-order chi connectivity index (χ0) is 17.1. The van der Waals surface area contributed by atoms with Gasteiger partial charge in [0.15, 0.2) is 11.5 Å². The second-order valence-electron chi connectivity index (χ2n) is 4.67. The molecule has 0 saturated heterocycles. The minimum Gasteiger partial charge on any atom is -0.454 e. The first-order valence-electron chi connectivity index (χ1n) is 6.67. The number of nitro groups is 2. The van der Waals surface area contributed by atoms with E-state index in [9.17, 15) is 20.2 Å². The fourth-order valence-corrected chi connectivity index (χ4v) is 2.11. The molecule has 0 unspecified atom stereocenters. The topological polar surface area (TPSA) is 129 Å². The molecule has 1 heterocycles. The van der Waals surface area contributed by atoms with Crippen molar-refractivity contribution in [1.29, 1.82) is 0 Å². The second-order valence-corrected chi connectivity index (χ2v) is 4.67. The van der Waals surface area contributed by atoms with Gasteiger partial charge in [-0.05, 0) is 12.1 Å². The minimum atomic E-state index is -0.575. The number of rotatable bonds is 5. The predicted octanol–water partition coefficient (Wildman–Crippen LogP) is 2.68. The maximum atomic E-state index is 11.1. The fourth-order valence-electron chi connectivity index (χ4n) is 2.11. The Labute approximate surface area is 134 Å².